The lowest BCUT2D eigenvalue weighted by Crippen LogP contribution is -2.34. The third kappa shape index (κ3) is 7.15. The molecule has 6 nitrogen and oxygen atoms in total. The highest BCUT2D eigenvalue weighted by atomic mass is 32.1. The fraction of sp³-hybridized carbons (Fsp3) is 0.192. The molecule has 0 aliphatic heterocycles. The van der Waals surface area contributed by atoms with Crippen molar-refractivity contribution in [2.75, 3.05) is 11.9 Å². The number of benzene rings is 3. The fourth-order valence-corrected chi connectivity index (χ4v) is 3.28. The number of thiocarbonyl (C=S) groups is 1. The van der Waals surface area contributed by atoms with E-state index in [1.807, 2.05) is 44.2 Å². The Hall–Kier alpha value is -3.71. The second-order valence-corrected chi connectivity index (χ2v) is 7.87. The predicted molar refractivity (Wildman–Crippen MR) is 135 cm³/mol. The number of hydrogen-bond donors (Lipinski definition) is 3. The number of nitrogens with one attached hydrogen (secondary N) is 3. The van der Waals surface area contributed by atoms with Crippen LogP contribution in [0.4, 0.5) is 5.69 Å². The number of amides is 2. The van der Waals surface area contributed by atoms with Crippen molar-refractivity contribution in [2.45, 2.75) is 26.3 Å². The summed E-state index contributed by atoms with van der Waals surface area (Å²) in [4.78, 5) is 24.9. The van der Waals surface area contributed by atoms with Crippen LogP contribution in [0.2, 0.25) is 0 Å². The third-order valence-electron chi connectivity index (χ3n) is 4.87. The molecule has 3 N–H and O–H groups in total. The molecule has 33 heavy (non-hydrogen) atoms. The lowest BCUT2D eigenvalue weighted by molar-refractivity contribution is 0.0938. The molecule has 170 valence electrons. The normalized spacial score (nSPS) is 11.2. The number of ether oxygens (including phenoxy) is 1. The van der Waals surface area contributed by atoms with Crippen LogP contribution in [0, 0.1) is 0 Å². The lowest BCUT2D eigenvalue weighted by Gasteiger charge is -2.15. The molecule has 0 bridgehead atoms. The van der Waals surface area contributed by atoms with Gasteiger partial charge in [-0.05, 0) is 79.7 Å². The number of anilines is 1. The number of rotatable bonds is 8. The molecule has 0 radical (unpaired) electrons. The molecule has 2 amide bonds. The van der Waals surface area contributed by atoms with Crippen LogP contribution >= 0.6 is 12.2 Å². The first kappa shape index (κ1) is 23.9. The molecule has 0 aromatic heterocycles. The minimum absolute atomic E-state index is 0.105. The van der Waals surface area contributed by atoms with Gasteiger partial charge in [-0.1, -0.05) is 37.3 Å². The molecular formula is C26H27N3O3S. The van der Waals surface area contributed by atoms with E-state index in [1.165, 1.54) is 0 Å². The van der Waals surface area contributed by atoms with Crippen LogP contribution < -0.4 is 20.7 Å². The Morgan fingerprint density at radius 3 is 2.12 bits per heavy atom. The average Bonchev–Trinajstić information content (AvgIpc) is 2.83. The van der Waals surface area contributed by atoms with Crippen molar-refractivity contribution in [1.82, 2.24) is 10.6 Å². The lowest BCUT2D eigenvalue weighted by atomic mass is 10.1. The average molecular weight is 462 g/mol. The van der Waals surface area contributed by atoms with E-state index in [-0.39, 0.29) is 23.0 Å². The van der Waals surface area contributed by atoms with E-state index < -0.39 is 0 Å². The fourth-order valence-electron chi connectivity index (χ4n) is 3.07. The van der Waals surface area contributed by atoms with Gasteiger partial charge >= 0.3 is 0 Å². The van der Waals surface area contributed by atoms with Gasteiger partial charge in [-0.25, -0.2) is 0 Å². The number of carbonyl (C=O) groups is 2. The number of carbonyl (C=O) groups excluding carboxylic acids is 2. The van der Waals surface area contributed by atoms with Crippen molar-refractivity contribution in [3.63, 3.8) is 0 Å². The van der Waals surface area contributed by atoms with Crippen LogP contribution in [0.5, 0.6) is 5.75 Å². The summed E-state index contributed by atoms with van der Waals surface area (Å²) in [7, 11) is 0. The van der Waals surface area contributed by atoms with Gasteiger partial charge in [0.25, 0.3) is 11.8 Å². The van der Waals surface area contributed by atoms with Crippen molar-refractivity contribution in [2.24, 2.45) is 0 Å². The SMILES string of the molecule is CCCOc1ccc(C(=O)NC(=S)Nc2ccc(C(=O)NC(C)c3ccccc3)cc2)cc1. The Morgan fingerprint density at radius 2 is 1.48 bits per heavy atom. The van der Waals surface area contributed by atoms with Crippen LogP contribution in [0.1, 0.15) is 52.6 Å². The zero-order valence-corrected chi connectivity index (χ0v) is 19.4. The summed E-state index contributed by atoms with van der Waals surface area (Å²) < 4.78 is 5.52. The highest BCUT2D eigenvalue weighted by Crippen LogP contribution is 2.15. The predicted octanol–water partition coefficient (Wildman–Crippen LogP) is 5.09. The molecule has 0 fully saturated rings. The first-order chi connectivity index (χ1) is 16.0. The summed E-state index contributed by atoms with van der Waals surface area (Å²) in [6.45, 7) is 4.60. The maximum atomic E-state index is 12.5. The summed E-state index contributed by atoms with van der Waals surface area (Å²) in [6, 6.07) is 23.4. The molecule has 0 aliphatic carbocycles. The van der Waals surface area contributed by atoms with E-state index >= 15 is 0 Å². The topological polar surface area (TPSA) is 79.5 Å². The Kier molecular flexibility index (Phi) is 8.55. The maximum absolute atomic E-state index is 12.5. The Bertz CT molecular complexity index is 1080. The molecular weight excluding hydrogens is 434 g/mol. The molecule has 7 heteroatoms. The highest BCUT2D eigenvalue weighted by molar-refractivity contribution is 7.80. The van der Waals surface area contributed by atoms with E-state index in [2.05, 4.69) is 16.0 Å². The van der Waals surface area contributed by atoms with E-state index in [1.54, 1.807) is 48.5 Å². The molecule has 0 saturated heterocycles. The van der Waals surface area contributed by atoms with Crippen LogP contribution in [-0.4, -0.2) is 23.5 Å². The van der Waals surface area contributed by atoms with E-state index in [0.717, 1.165) is 17.7 Å². The summed E-state index contributed by atoms with van der Waals surface area (Å²) >= 11 is 5.24. The first-order valence-corrected chi connectivity index (χ1v) is 11.2. The van der Waals surface area contributed by atoms with Crippen LogP contribution in [-0.2, 0) is 0 Å². The molecule has 0 heterocycles. The van der Waals surface area contributed by atoms with Crippen LogP contribution in [0.3, 0.4) is 0 Å². The van der Waals surface area contributed by atoms with Gasteiger partial charge in [0.2, 0.25) is 0 Å². The molecule has 1 unspecified atom stereocenters. The minimum Gasteiger partial charge on any atom is -0.494 e. The van der Waals surface area contributed by atoms with Crippen LogP contribution in [0.15, 0.2) is 78.9 Å². The Balaban J connectivity index is 1.51. The van der Waals surface area contributed by atoms with Gasteiger partial charge in [-0.15, -0.1) is 0 Å². The quantitative estimate of drug-likeness (QED) is 0.407. The third-order valence-corrected chi connectivity index (χ3v) is 5.07. The molecule has 0 saturated carbocycles. The van der Waals surface area contributed by atoms with Gasteiger partial charge in [-0.2, -0.15) is 0 Å². The van der Waals surface area contributed by atoms with Gasteiger partial charge in [0, 0.05) is 16.8 Å². The van der Waals surface area contributed by atoms with Crippen molar-refractivity contribution >= 4 is 34.8 Å². The van der Waals surface area contributed by atoms with Gasteiger partial charge in [0.1, 0.15) is 5.75 Å². The second kappa shape index (κ2) is 11.8. The zero-order chi connectivity index (χ0) is 23.6. The van der Waals surface area contributed by atoms with Gasteiger partial charge < -0.3 is 15.4 Å². The van der Waals surface area contributed by atoms with Crippen molar-refractivity contribution in [3.05, 3.63) is 95.6 Å². The Labute approximate surface area is 199 Å². The van der Waals surface area contributed by atoms with Crippen molar-refractivity contribution < 1.29 is 14.3 Å². The smallest absolute Gasteiger partial charge is 0.257 e. The highest BCUT2D eigenvalue weighted by Gasteiger charge is 2.12. The van der Waals surface area contributed by atoms with E-state index in [0.29, 0.717) is 23.4 Å². The van der Waals surface area contributed by atoms with Crippen molar-refractivity contribution in [3.8, 4) is 5.75 Å². The Morgan fingerprint density at radius 1 is 0.879 bits per heavy atom. The summed E-state index contributed by atoms with van der Waals surface area (Å²) in [5, 5.41) is 8.76. The number of hydrogen-bond acceptors (Lipinski definition) is 4. The first-order valence-electron chi connectivity index (χ1n) is 10.8. The van der Waals surface area contributed by atoms with E-state index in [4.69, 9.17) is 17.0 Å². The monoisotopic (exact) mass is 461 g/mol. The zero-order valence-electron chi connectivity index (χ0n) is 18.6. The molecule has 1 atom stereocenters. The molecule has 3 aromatic rings. The molecule has 3 aromatic carbocycles. The summed E-state index contributed by atoms with van der Waals surface area (Å²) in [5.41, 5.74) is 2.70. The summed E-state index contributed by atoms with van der Waals surface area (Å²) in [6.07, 6.45) is 0.917. The standard InChI is InChI=1S/C26H27N3O3S/c1-3-17-32-23-15-11-21(12-16-23)25(31)29-26(33)28-22-13-9-20(10-14-22)24(30)27-18(2)19-7-5-4-6-8-19/h4-16,18H,3,17H2,1-2H3,(H,27,30)(H2,28,29,31,33). The maximum Gasteiger partial charge on any atom is 0.257 e. The van der Waals surface area contributed by atoms with E-state index in [9.17, 15) is 9.59 Å². The summed E-state index contributed by atoms with van der Waals surface area (Å²) in [5.74, 6) is 0.233. The second-order valence-electron chi connectivity index (χ2n) is 7.46. The van der Waals surface area contributed by atoms with Gasteiger partial charge in [-0.3, -0.25) is 14.9 Å². The van der Waals surface area contributed by atoms with Gasteiger partial charge in [0.15, 0.2) is 5.11 Å². The molecule has 0 aliphatic rings. The molecule has 0 spiro atoms. The molecule has 3 rings (SSSR count). The largest absolute Gasteiger partial charge is 0.494 e. The van der Waals surface area contributed by atoms with Crippen molar-refractivity contribution in [1.29, 1.82) is 0 Å². The van der Waals surface area contributed by atoms with Crippen LogP contribution in [0.25, 0.3) is 0 Å². The van der Waals surface area contributed by atoms with Gasteiger partial charge in [0.05, 0.1) is 12.6 Å². The minimum atomic E-state index is -0.319.